The van der Waals surface area contributed by atoms with Gasteiger partial charge in [0.2, 0.25) is 5.91 Å². The molecule has 0 aromatic heterocycles. The maximum atomic E-state index is 12.9. The van der Waals surface area contributed by atoms with Crippen molar-refractivity contribution < 1.29 is 37.4 Å². The molecule has 1 heterocycles. The minimum atomic E-state index is -4.66. The van der Waals surface area contributed by atoms with Crippen LogP contribution in [0.1, 0.15) is 30.1 Å². The molecule has 148 valence electrons. The van der Waals surface area contributed by atoms with Gasteiger partial charge >= 0.3 is 12.1 Å². The van der Waals surface area contributed by atoms with Crippen LogP contribution in [0.2, 0.25) is 0 Å². The Labute approximate surface area is 153 Å². The Morgan fingerprint density at radius 3 is 2.30 bits per heavy atom. The van der Waals surface area contributed by atoms with Crippen molar-refractivity contribution in [3.63, 3.8) is 0 Å². The third kappa shape index (κ3) is 5.45. The van der Waals surface area contributed by atoms with E-state index in [0.717, 1.165) is 4.90 Å². The number of Topliss-reactive ketones (excluding diaryl/α,β-unsaturated/α-hetero) is 1. The van der Waals surface area contributed by atoms with Gasteiger partial charge in [-0.1, -0.05) is 0 Å². The summed E-state index contributed by atoms with van der Waals surface area (Å²) in [5, 5.41) is 8.96. The van der Waals surface area contributed by atoms with E-state index in [2.05, 4.69) is 0 Å². The number of ether oxygens (including phenoxy) is 1. The molecule has 0 aliphatic carbocycles. The van der Waals surface area contributed by atoms with Crippen LogP contribution < -0.4 is 4.74 Å². The molecular weight excluding hydrogens is 367 g/mol. The number of benzene rings is 1. The lowest BCUT2D eigenvalue weighted by molar-refractivity contribution is -0.188. The van der Waals surface area contributed by atoms with Crippen LogP contribution in [0.5, 0.6) is 5.75 Å². The molecule has 1 fully saturated rings. The number of carbonyl (C=O) groups is 3. The zero-order chi connectivity index (χ0) is 20.2. The Hall–Kier alpha value is -2.58. The molecule has 0 unspecified atom stereocenters. The number of halogens is 3. The highest BCUT2D eigenvalue weighted by molar-refractivity contribution is 5.94. The minimum Gasteiger partial charge on any atom is -0.494 e. The van der Waals surface area contributed by atoms with E-state index in [0.29, 0.717) is 11.3 Å². The molecule has 6 nitrogen and oxygen atoms in total. The molecular formula is C18H20F3NO5. The summed E-state index contributed by atoms with van der Waals surface area (Å²) in [7, 11) is 0. The number of alkyl halides is 3. The van der Waals surface area contributed by atoms with Gasteiger partial charge in [-0.25, -0.2) is 0 Å². The van der Waals surface area contributed by atoms with E-state index in [1.54, 1.807) is 24.3 Å². The van der Waals surface area contributed by atoms with Gasteiger partial charge in [-0.3, -0.25) is 14.4 Å². The molecule has 0 bridgehead atoms. The normalized spacial score (nSPS) is 19.8. The lowest BCUT2D eigenvalue weighted by Gasteiger charge is -2.18. The summed E-state index contributed by atoms with van der Waals surface area (Å²) in [6, 6.07) is 6.45. The van der Waals surface area contributed by atoms with Crippen molar-refractivity contribution in [2.45, 2.75) is 25.9 Å². The van der Waals surface area contributed by atoms with Crippen molar-refractivity contribution >= 4 is 17.7 Å². The Kier molecular flexibility index (Phi) is 6.45. The summed E-state index contributed by atoms with van der Waals surface area (Å²) in [4.78, 5) is 35.3. The van der Waals surface area contributed by atoms with E-state index in [-0.39, 0.29) is 25.2 Å². The first-order valence-corrected chi connectivity index (χ1v) is 8.40. The summed E-state index contributed by atoms with van der Waals surface area (Å²) in [6.45, 7) is 0.542. The van der Waals surface area contributed by atoms with E-state index >= 15 is 0 Å². The highest BCUT2D eigenvalue weighted by atomic mass is 19.4. The SMILES string of the molecule is CC(=O)c1ccc(OCCCC(=O)N2C[C@@H](C(F)(F)F)[C@H](C(=O)O)C2)cc1. The number of nitrogens with zero attached hydrogens (tertiary/aromatic N) is 1. The first-order chi connectivity index (χ1) is 12.6. The van der Waals surface area contributed by atoms with Crippen molar-refractivity contribution in [3.05, 3.63) is 29.8 Å². The van der Waals surface area contributed by atoms with Crippen LogP contribution in [0.15, 0.2) is 24.3 Å². The predicted octanol–water partition coefficient (Wildman–Crippen LogP) is 2.77. The van der Waals surface area contributed by atoms with E-state index in [9.17, 15) is 27.6 Å². The highest BCUT2D eigenvalue weighted by Gasteiger charge is 2.53. The Morgan fingerprint density at radius 1 is 1.19 bits per heavy atom. The maximum Gasteiger partial charge on any atom is 0.394 e. The molecule has 1 amide bonds. The average Bonchev–Trinajstić information content (AvgIpc) is 3.05. The number of carboxylic acid groups (broad SMARTS) is 1. The third-order valence-corrected chi connectivity index (χ3v) is 4.47. The molecule has 1 aromatic carbocycles. The predicted molar refractivity (Wildman–Crippen MR) is 88.4 cm³/mol. The van der Waals surface area contributed by atoms with Gasteiger partial charge < -0.3 is 14.7 Å². The van der Waals surface area contributed by atoms with Crippen molar-refractivity contribution in [2.75, 3.05) is 19.7 Å². The zero-order valence-electron chi connectivity index (χ0n) is 14.7. The number of carbonyl (C=O) groups excluding carboxylic acids is 2. The lowest BCUT2D eigenvalue weighted by Crippen LogP contribution is -2.34. The molecule has 9 heteroatoms. The maximum absolute atomic E-state index is 12.9. The number of carboxylic acids is 1. The standard InChI is InChI=1S/C18H20F3NO5/c1-11(23)12-4-6-13(7-5-12)27-8-2-3-16(24)22-9-14(17(25)26)15(10-22)18(19,20)21/h4-7,14-15H,2-3,8-10H2,1H3,(H,25,26)/t14-,15-/m1/s1. The van der Waals surface area contributed by atoms with Crippen LogP contribution in [-0.2, 0) is 9.59 Å². The van der Waals surface area contributed by atoms with Gasteiger partial charge in [0.1, 0.15) is 5.75 Å². The molecule has 0 spiro atoms. The van der Waals surface area contributed by atoms with E-state index in [1.807, 2.05) is 0 Å². The van der Waals surface area contributed by atoms with Gasteiger partial charge in [0.25, 0.3) is 0 Å². The number of ketones is 1. The molecule has 0 radical (unpaired) electrons. The molecule has 1 N–H and O–H groups in total. The van der Waals surface area contributed by atoms with Gasteiger partial charge in [-0.15, -0.1) is 0 Å². The number of hydrogen-bond donors (Lipinski definition) is 1. The summed E-state index contributed by atoms with van der Waals surface area (Å²) in [5.74, 6) is -5.32. The number of hydrogen-bond acceptors (Lipinski definition) is 4. The molecule has 1 aromatic rings. The fourth-order valence-corrected chi connectivity index (χ4v) is 2.95. The second kappa shape index (κ2) is 8.41. The quantitative estimate of drug-likeness (QED) is 0.575. The van der Waals surface area contributed by atoms with Crippen molar-refractivity contribution in [2.24, 2.45) is 11.8 Å². The van der Waals surface area contributed by atoms with Crippen LogP contribution in [0.4, 0.5) is 13.2 Å². The third-order valence-electron chi connectivity index (χ3n) is 4.47. The van der Waals surface area contributed by atoms with Crippen molar-refractivity contribution in [1.29, 1.82) is 0 Å². The second-order valence-corrected chi connectivity index (χ2v) is 6.42. The molecule has 1 aliphatic heterocycles. The first-order valence-electron chi connectivity index (χ1n) is 8.40. The van der Waals surface area contributed by atoms with E-state index in [4.69, 9.17) is 9.84 Å². The fourth-order valence-electron chi connectivity index (χ4n) is 2.95. The number of amides is 1. The van der Waals surface area contributed by atoms with Crippen LogP contribution in [0.25, 0.3) is 0 Å². The van der Waals surface area contributed by atoms with Gasteiger partial charge in [-0.2, -0.15) is 13.2 Å². The number of likely N-dealkylation sites (tertiary alicyclic amines) is 1. The Morgan fingerprint density at radius 2 is 1.81 bits per heavy atom. The minimum absolute atomic E-state index is 0.0392. The summed E-state index contributed by atoms with van der Waals surface area (Å²) < 4.78 is 44.2. The monoisotopic (exact) mass is 387 g/mol. The van der Waals surface area contributed by atoms with Gasteiger partial charge in [-0.05, 0) is 37.6 Å². The Bertz CT molecular complexity index is 702. The molecule has 1 aliphatic rings. The molecule has 27 heavy (non-hydrogen) atoms. The van der Waals surface area contributed by atoms with Crippen LogP contribution in [0, 0.1) is 11.8 Å². The fraction of sp³-hybridized carbons (Fsp3) is 0.500. The topological polar surface area (TPSA) is 83.9 Å². The first kappa shape index (κ1) is 20.7. The van der Waals surface area contributed by atoms with Crippen molar-refractivity contribution in [3.8, 4) is 5.75 Å². The van der Waals surface area contributed by atoms with E-state index in [1.165, 1.54) is 6.92 Å². The second-order valence-electron chi connectivity index (χ2n) is 6.42. The zero-order valence-corrected chi connectivity index (χ0v) is 14.7. The largest absolute Gasteiger partial charge is 0.494 e. The van der Waals surface area contributed by atoms with Crippen molar-refractivity contribution in [1.82, 2.24) is 4.90 Å². The molecule has 1 saturated heterocycles. The smallest absolute Gasteiger partial charge is 0.394 e. The summed E-state index contributed by atoms with van der Waals surface area (Å²) >= 11 is 0. The van der Waals surface area contributed by atoms with Gasteiger partial charge in [0.15, 0.2) is 5.78 Å². The van der Waals surface area contributed by atoms with Gasteiger partial charge in [0.05, 0.1) is 18.4 Å². The number of rotatable bonds is 7. The highest BCUT2D eigenvalue weighted by Crippen LogP contribution is 2.37. The average molecular weight is 387 g/mol. The number of aliphatic carboxylic acids is 1. The Balaban J connectivity index is 1.80. The van der Waals surface area contributed by atoms with Crippen LogP contribution in [-0.4, -0.2) is 53.5 Å². The molecule has 0 saturated carbocycles. The van der Waals surface area contributed by atoms with Crippen LogP contribution >= 0.6 is 0 Å². The summed E-state index contributed by atoms with van der Waals surface area (Å²) in [5.41, 5.74) is 0.541. The molecule has 2 rings (SSSR count). The lowest BCUT2D eigenvalue weighted by atomic mass is 9.96. The van der Waals surface area contributed by atoms with Crippen LogP contribution in [0.3, 0.4) is 0 Å². The van der Waals surface area contributed by atoms with E-state index < -0.39 is 43.0 Å². The summed E-state index contributed by atoms with van der Waals surface area (Å²) in [6.07, 6.45) is -4.42. The molecule has 2 atom stereocenters. The van der Waals surface area contributed by atoms with Gasteiger partial charge in [0, 0.05) is 25.1 Å².